The van der Waals surface area contributed by atoms with Gasteiger partial charge in [0.25, 0.3) is 0 Å². The van der Waals surface area contributed by atoms with Gasteiger partial charge in [-0.1, -0.05) is 26.0 Å². The van der Waals surface area contributed by atoms with Crippen molar-refractivity contribution in [3.8, 4) is 0 Å². The van der Waals surface area contributed by atoms with Crippen LogP contribution in [0, 0.1) is 0 Å². The molecule has 0 saturated carbocycles. The fraction of sp³-hybridized carbons (Fsp3) is 0.467. The van der Waals surface area contributed by atoms with Crippen LogP contribution in [0.5, 0.6) is 0 Å². The second kappa shape index (κ2) is 5.26. The molecule has 2 heterocycles. The third-order valence-electron chi connectivity index (χ3n) is 3.71. The second-order valence-corrected chi connectivity index (χ2v) is 8.08. The number of anilines is 1. The van der Waals surface area contributed by atoms with Gasteiger partial charge in [0.2, 0.25) is 0 Å². The van der Waals surface area contributed by atoms with Crippen LogP contribution in [0.4, 0.5) is 5.82 Å². The van der Waals surface area contributed by atoms with Gasteiger partial charge < -0.3 is 5.32 Å². The molecule has 1 saturated heterocycles. The first-order chi connectivity index (χ1) is 9.94. The summed E-state index contributed by atoms with van der Waals surface area (Å²) in [6, 6.07) is 7.75. The standard InChI is InChI=1S/C15H19N3O2S/c1-10(2)14-17-13-6-4-3-5-12(13)15(18-14)16-11-7-8-21(19,20)9-11/h3-6,10-11H,7-9H2,1-2H3,(H,16,17,18). The number of rotatable bonds is 3. The Labute approximate surface area is 124 Å². The molecule has 1 aliphatic rings. The van der Waals surface area contributed by atoms with Gasteiger partial charge in [-0.2, -0.15) is 0 Å². The van der Waals surface area contributed by atoms with E-state index in [2.05, 4.69) is 15.3 Å². The zero-order chi connectivity index (χ0) is 15.0. The number of nitrogens with one attached hydrogen (secondary N) is 1. The molecular weight excluding hydrogens is 286 g/mol. The van der Waals surface area contributed by atoms with Gasteiger partial charge in [-0.15, -0.1) is 0 Å². The van der Waals surface area contributed by atoms with Crippen LogP contribution in [-0.2, 0) is 9.84 Å². The van der Waals surface area contributed by atoms with Crippen LogP contribution in [-0.4, -0.2) is 35.9 Å². The lowest BCUT2D eigenvalue weighted by molar-refractivity contribution is 0.602. The first-order valence-corrected chi connectivity index (χ1v) is 9.00. The molecule has 0 bridgehead atoms. The summed E-state index contributed by atoms with van der Waals surface area (Å²) in [5.74, 6) is 2.18. The molecule has 2 aromatic rings. The average molecular weight is 305 g/mol. The van der Waals surface area contributed by atoms with E-state index < -0.39 is 9.84 Å². The number of benzene rings is 1. The number of para-hydroxylation sites is 1. The molecule has 5 nitrogen and oxygen atoms in total. The minimum Gasteiger partial charge on any atom is -0.366 e. The van der Waals surface area contributed by atoms with Gasteiger partial charge in [0.15, 0.2) is 9.84 Å². The molecule has 21 heavy (non-hydrogen) atoms. The summed E-state index contributed by atoms with van der Waals surface area (Å²) in [4.78, 5) is 9.16. The molecule has 3 rings (SSSR count). The minimum absolute atomic E-state index is 0.0617. The molecule has 1 atom stereocenters. The van der Waals surface area contributed by atoms with E-state index in [1.54, 1.807) is 0 Å². The van der Waals surface area contributed by atoms with E-state index >= 15 is 0 Å². The number of hydrogen-bond acceptors (Lipinski definition) is 5. The Morgan fingerprint density at radius 1 is 1.24 bits per heavy atom. The van der Waals surface area contributed by atoms with Crippen molar-refractivity contribution in [1.29, 1.82) is 0 Å². The van der Waals surface area contributed by atoms with Crippen molar-refractivity contribution in [2.75, 3.05) is 16.8 Å². The monoisotopic (exact) mass is 305 g/mol. The van der Waals surface area contributed by atoms with Crippen molar-refractivity contribution in [3.63, 3.8) is 0 Å². The van der Waals surface area contributed by atoms with Crippen LogP contribution in [0.25, 0.3) is 10.9 Å². The molecule has 0 aliphatic carbocycles. The first kappa shape index (κ1) is 14.3. The highest BCUT2D eigenvalue weighted by Crippen LogP contribution is 2.25. The number of fused-ring (bicyclic) bond motifs is 1. The van der Waals surface area contributed by atoms with Gasteiger partial charge in [0.1, 0.15) is 11.6 Å². The molecule has 112 valence electrons. The van der Waals surface area contributed by atoms with Crippen LogP contribution in [0.15, 0.2) is 24.3 Å². The van der Waals surface area contributed by atoms with Crippen molar-refractivity contribution in [2.45, 2.75) is 32.2 Å². The third kappa shape index (κ3) is 3.00. The minimum atomic E-state index is -2.90. The molecule has 0 radical (unpaired) electrons. The number of hydrogen-bond donors (Lipinski definition) is 1. The predicted molar refractivity (Wildman–Crippen MR) is 84.3 cm³/mol. The Balaban J connectivity index is 2.00. The van der Waals surface area contributed by atoms with Crippen molar-refractivity contribution < 1.29 is 8.42 Å². The van der Waals surface area contributed by atoms with Crippen LogP contribution >= 0.6 is 0 Å². The van der Waals surface area contributed by atoms with E-state index in [9.17, 15) is 8.42 Å². The average Bonchev–Trinajstić information content (AvgIpc) is 2.77. The van der Waals surface area contributed by atoms with Crippen molar-refractivity contribution >= 4 is 26.6 Å². The zero-order valence-electron chi connectivity index (χ0n) is 12.2. The van der Waals surface area contributed by atoms with Gasteiger partial charge in [0.05, 0.1) is 17.0 Å². The number of aromatic nitrogens is 2. The predicted octanol–water partition coefficient (Wildman–Crippen LogP) is 2.35. The molecule has 0 spiro atoms. The summed E-state index contributed by atoms with van der Waals surface area (Å²) in [5, 5.41) is 4.24. The Morgan fingerprint density at radius 3 is 2.67 bits per heavy atom. The summed E-state index contributed by atoms with van der Waals surface area (Å²) in [7, 11) is -2.90. The van der Waals surface area contributed by atoms with E-state index in [0.717, 1.165) is 22.5 Å². The molecule has 1 aliphatic heterocycles. The molecule has 1 aromatic heterocycles. The van der Waals surface area contributed by atoms with Gasteiger partial charge in [0, 0.05) is 17.3 Å². The Kier molecular flexibility index (Phi) is 3.57. The molecule has 6 heteroatoms. The second-order valence-electron chi connectivity index (χ2n) is 5.85. The van der Waals surface area contributed by atoms with Crippen LogP contribution in [0.2, 0.25) is 0 Å². The van der Waals surface area contributed by atoms with Gasteiger partial charge in [-0.3, -0.25) is 0 Å². The SMILES string of the molecule is CC(C)c1nc(NC2CCS(=O)(=O)C2)c2ccccc2n1. The molecule has 1 aromatic carbocycles. The molecular formula is C15H19N3O2S. The maximum atomic E-state index is 11.6. The Hall–Kier alpha value is -1.69. The van der Waals surface area contributed by atoms with Gasteiger partial charge in [-0.25, -0.2) is 18.4 Å². The van der Waals surface area contributed by atoms with Crippen molar-refractivity contribution in [2.24, 2.45) is 0 Å². The fourth-order valence-corrected chi connectivity index (χ4v) is 4.24. The van der Waals surface area contributed by atoms with E-state index in [-0.39, 0.29) is 23.5 Å². The lowest BCUT2D eigenvalue weighted by Crippen LogP contribution is -2.22. The summed E-state index contributed by atoms with van der Waals surface area (Å²) >= 11 is 0. The largest absolute Gasteiger partial charge is 0.366 e. The quantitative estimate of drug-likeness (QED) is 0.942. The van der Waals surface area contributed by atoms with Gasteiger partial charge in [-0.05, 0) is 18.6 Å². The van der Waals surface area contributed by atoms with Crippen molar-refractivity contribution in [3.05, 3.63) is 30.1 Å². The van der Waals surface area contributed by atoms with Gasteiger partial charge >= 0.3 is 0 Å². The number of sulfone groups is 1. The highest BCUT2D eigenvalue weighted by Gasteiger charge is 2.28. The topological polar surface area (TPSA) is 72.0 Å². The Bertz CT molecular complexity index is 772. The van der Waals surface area contributed by atoms with Crippen molar-refractivity contribution in [1.82, 2.24) is 9.97 Å². The molecule has 1 fully saturated rings. The van der Waals surface area contributed by atoms with E-state index in [4.69, 9.17) is 0 Å². The normalized spacial score (nSPS) is 21.0. The van der Waals surface area contributed by atoms with Crippen LogP contribution < -0.4 is 5.32 Å². The first-order valence-electron chi connectivity index (χ1n) is 7.18. The van der Waals surface area contributed by atoms with E-state index in [0.29, 0.717) is 6.42 Å². The molecule has 1 unspecified atom stereocenters. The summed E-state index contributed by atoms with van der Waals surface area (Å²) in [5.41, 5.74) is 0.888. The lowest BCUT2D eigenvalue weighted by atomic mass is 10.1. The van der Waals surface area contributed by atoms with E-state index in [1.165, 1.54) is 0 Å². The zero-order valence-corrected chi connectivity index (χ0v) is 13.0. The van der Waals surface area contributed by atoms with Crippen LogP contribution in [0.3, 0.4) is 0 Å². The van der Waals surface area contributed by atoms with E-state index in [1.807, 2.05) is 38.1 Å². The Morgan fingerprint density at radius 2 is 2.00 bits per heavy atom. The van der Waals surface area contributed by atoms with Crippen LogP contribution in [0.1, 0.15) is 32.0 Å². The number of nitrogens with zero attached hydrogens (tertiary/aromatic N) is 2. The summed E-state index contributed by atoms with van der Waals surface area (Å²) in [6.07, 6.45) is 0.637. The third-order valence-corrected chi connectivity index (χ3v) is 5.48. The summed E-state index contributed by atoms with van der Waals surface area (Å²) in [6.45, 7) is 4.10. The lowest BCUT2D eigenvalue weighted by Gasteiger charge is -2.15. The fourth-order valence-electron chi connectivity index (χ4n) is 2.56. The maximum Gasteiger partial charge on any atom is 0.152 e. The smallest absolute Gasteiger partial charge is 0.152 e. The highest BCUT2D eigenvalue weighted by atomic mass is 32.2. The maximum absolute atomic E-state index is 11.6. The molecule has 0 amide bonds. The summed E-state index contributed by atoms with van der Waals surface area (Å²) < 4.78 is 23.2. The highest BCUT2D eigenvalue weighted by molar-refractivity contribution is 7.91. The molecule has 1 N–H and O–H groups in total.